The average Bonchev–Trinajstić information content (AvgIpc) is 4.12. The first-order valence-corrected chi connectivity index (χ1v) is 23.8. The molecule has 5 heterocycles. The first-order chi connectivity index (χ1) is 34.6. The van der Waals surface area contributed by atoms with Crippen LogP contribution in [0.1, 0.15) is 18.6 Å². The standard InChI is InChI=1S/C19H16ClN3O2.C19H15ClN2O2.C18H15N3O.CH4/c1-25-18-17(12-13-11-14(20)7-8-16(13)21-18)23-10-9-22(19(23)24)15-5-3-2-4-6-15;20-15-7-6-13-12-18(23)17(11-14(13)10-15)22-9-8-21(19(22)24)16-4-2-1-3-5-16;22-18-20(16-4-2-1-3-5-16)10-11-21(18)17-7-6-14-8-9-19-13-15(14)12-17;/h2-8,11-12H,9-10H2,1H3;1-7,10-11H,8-9,12H2;1-9,12-13H,10-11H2;1H4. The van der Waals surface area contributed by atoms with E-state index in [0.29, 0.717) is 73.0 Å². The van der Waals surface area contributed by atoms with Crippen molar-refractivity contribution in [3.8, 4) is 5.88 Å². The molecule has 4 aliphatic rings. The summed E-state index contributed by atoms with van der Waals surface area (Å²) in [6.07, 6.45) is 5.68. The van der Waals surface area contributed by atoms with Crippen molar-refractivity contribution in [2.24, 2.45) is 0 Å². The molecule has 6 amide bonds. The summed E-state index contributed by atoms with van der Waals surface area (Å²) in [6, 6.07) is 49.6. The predicted molar refractivity (Wildman–Crippen MR) is 289 cm³/mol. The number of pyridine rings is 2. The number of hydrogen-bond acceptors (Lipinski definition) is 7. The van der Waals surface area contributed by atoms with Crippen molar-refractivity contribution in [2.75, 3.05) is 70.9 Å². The van der Waals surface area contributed by atoms with Crippen molar-refractivity contribution in [3.63, 3.8) is 0 Å². The molecule has 72 heavy (non-hydrogen) atoms. The van der Waals surface area contributed by atoms with E-state index in [-0.39, 0.29) is 31.3 Å². The highest BCUT2D eigenvalue weighted by Gasteiger charge is 2.36. The minimum Gasteiger partial charge on any atom is -0.479 e. The van der Waals surface area contributed by atoms with Crippen LogP contribution in [0.15, 0.2) is 176 Å². The number of benzene rings is 6. The maximum Gasteiger partial charge on any atom is 0.329 e. The van der Waals surface area contributed by atoms with Crippen molar-refractivity contribution in [1.82, 2.24) is 14.9 Å². The summed E-state index contributed by atoms with van der Waals surface area (Å²) >= 11 is 12.1. The van der Waals surface area contributed by atoms with Gasteiger partial charge in [0, 0.05) is 102 Å². The van der Waals surface area contributed by atoms with Gasteiger partial charge in [0.25, 0.3) is 0 Å². The normalized spacial score (nSPS) is 15.2. The summed E-state index contributed by atoms with van der Waals surface area (Å²) in [4.78, 5) is 69.9. The number of allylic oxidation sites excluding steroid dienone is 1. The molecule has 1 aliphatic carbocycles. The van der Waals surface area contributed by atoms with Crippen LogP contribution in [-0.2, 0) is 11.2 Å². The van der Waals surface area contributed by atoms with E-state index in [9.17, 15) is 19.2 Å². The molecule has 12 rings (SSSR count). The summed E-state index contributed by atoms with van der Waals surface area (Å²) in [5.41, 5.74) is 7.32. The molecule has 13 nitrogen and oxygen atoms in total. The number of ketones is 1. The molecule has 0 atom stereocenters. The van der Waals surface area contributed by atoms with Gasteiger partial charge in [0.2, 0.25) is 5.88 Å². The largest absolute Gasteiger partial charge is 0.479 e. The third-order valence-electron chi connectivity index (χ3n) is 12.7. The summed E-state index contributed by atoms with van der Waals surface area (Å²) < 4.78 is 5.43. The highest BCUT2D eigenvalue weighted by Crippen LogP contribution is 2.35. The van der Waals surface area contributed by atoms with Crippen molar-refractivity contribution in [1.29, 1.82) is 0 Å². The van der Waals surface area contributed by atoms with Crippen LogP contribution in [0.2, 0.25) is 10.0 Å². The highest BCUT2D eigenvalue weighted by atomic mass is 35.5. The van der Waals surface area contributed by atoms with Crippen molar-refractivity contribution in [3.05, 3.63) is 197 Å². The van der Waals surface area contributed by atoms with Gasteiger partial charge in [-0.05, 0) is 114 Å². The third-order valence-corrected chi connectivity index (χ3v) is 13.2. The number of fused-ring (bicyclic) bond motifs is 3. The summed E-state index contributed by atoms with van der Waals surface area (Å²) in [5.74, 6) is 0.395. The second kappa shape index (κ2) is 21.4. The summed E-state index contributed by atoms with van der Waals surface area (Å²) in [7, 11) is 1.56. The Labute approximate surface area is 427 Å². The van der Waals surface area contributed by atoms with Gasteiger partial charge >= 0.3 is 18.1 Å². The Hall–Kier alpha value is -8.26. The molecule has 362 valence electrons. The van der Waals surface area contributed by atoms with Gasteiger partial charge in [-0.2, -0.15) is 0 Å². The fraction of sp³-hybridized carbons (Fsp3) is 0.158. The Morgan fingerprint density at radius 1 is 0.500 bits per heavy atom. The summed E-state index contributed by atoms with van der Waals surface area (Å²) in [6.45, 7) is 3.64. The van der Waals surface area contributed by atoms with Gasteiger partial charge < -0.3 is 4.74 Å². The Kier molecular flexibility index (Phi) is 14.5. The molecule has 3 aliphatic heterocycles. The number of carbonyl (C=O) groups excluding carboxylic acids is 4. The molecule has 0 N–H and O–H groups in total. The first-order valence-electron chi connectivity index (χ1n) is 23.1. The maximum absolute atomic E-state index is 12.9. The molecule has 0 unspecified atom stereocenters. The number of amides is 6. The molecule has 0 saturated carbocycles. The van der Waals surface area contributed by atoms with E-state index in [0.717, 1.165) is 55.6 Å². The fourth-order valence-electron chi connectivity index (χ4n) is 9.12. The number of aromatic nitrogens is 2. The Morgan fingerprint density at radius 2 is 1.03 bits per heavy atom. The zero-order valence-corrected chi connectivity index (χ0v) is 40.1. The van der Waals surface area contributed by atoms with Crippen molar-refractivity contribution >= 4 is 103 Å². The van der Waals surface area contributed by atoms with Gasteiger partial charge in [-0.25, -0.2) is 19.4 Å². The lowest BCUT2D eigenvalue weighted by Crippen LogP contribution is -2.35. The number of halogens is 2. The van der Waals surface area contributed by atoms with Crippen LogP contribution in [0, 0.1) is 0 Å². The van der Waals surface area contributed by atoms with Crippen LogP contribution < -0.4 is 29.2 Å². The quantitative estimate of drug-likeness (QED) is 0.156. The van der Waals surface area contributed by atoms with E-state index >= 15 is 0 Å². The van der Waals surface area contributed by atoms with E-state index in [1.54, 1.807) is 51.1 Å². The van der Waals surface area contributed by atoms with E-state index in [2.05, 4.69) is 9.97 Å². The Morgan fingerprint density at radius 3 is 1.64 bits per heavy atom. The van der Waals surface area contributed by atoms with Gasteiger partial charge in [0.1, 0.15) is 5.69 Å². The van der Waals surface area contributed by atoms with Crippen LogP contribution in [0.4, 0.5) is 42.8 Å². The Balaban J connectivity index is 0.000000133. The number of Topliss-reactive ketones (excluding diaryl/α,β-unsaturated/α-hetero) is 1. The summed E-state index contributed by atoms with van der Waals surface area (Å²) in [5, 5.41) is 4.30. The molecular weight excluding hydrogens is 948 g/mol. The smallest absolute Gasteiger partial charge is 0.329 e. The van der Waals surface area contributed by atoms with Gasteiger partial charge in [-0.1, -0.05) is 97.4 Å². The van der Waals surface area contributed by atoms with E-state index in [1.165, 1.54) is 0 Å². The Bertz CT molecular complexity index is 3340. The minimum atomic E-state index is -0.161. The lowest BCUT2D eigenvalue weighted by atomic mass is 9.94. The lowest BCUT2D eigenvalue weighted by Gasteiger charge is -2.23. The van der Waals surface area contributed by atoms with Crippen LogP contribution in [0.5, 0.6) is 5.88 Å². The van der Waals surface area contributed by atoms with Gasteiger partial charge in [-0.3, -0.25) is 39.2 Å². The number of ether oxygens (including phenoxy) is 1. The average molecular weight is 998 g/mol. The fourth-order valence-corrected chi connectivity index (χ4v) is 9.48. The molecule has 0 bridgehead atoms. The third kappa shape index (κ3) is 10.0. The molecule has 6 aromatic carbocycles. The van der Waals surface area contributed by atoms with E-state index in [1.807, 2.05) is 162 Å². The highest BCUT2D eigenvalue weighted by molar-refractivity contribution is 6.31. The molecule has 2 aromatic heterocycles. The van der Waals surface area contributed by atoms with Crippen LogP contribution >= 0.6 is 23.2 Å². The predicted octanol–water partition coefficient (Wildman–Crippen LogP) is 12.4. The maximum atomic E-state index is 12.9. The number of carbonyl (C=O) groups is 4. The molecule has 3 fully saturated rings. The number of para-hydroxylation sites is 3. The SMILES string of the molecule is C.COc1nc2ccc(Cl)cc2cc1N1CCN(c2ccccc2)C1=O.O=C1Cc2ccc(Cl)cc2C=C1N1CCN(c2ccccc2)C1=O.O=C1N(c2ccccc2)CCN1c1ccc2ccncc2c1. The van der Waals surface area contributed by atoms with Crippen molar-refractivity contribution < 1.29 is 23.9 Å². The number of nitrogens with zero attached hydrogens (tertiary/aromatic N) is 8. The topological polar surface area (TPSA) is 123 Å². The van der Waals surface area contributed by atoms with Crippen LogP contribution in [-0.4, -0.2) is 85.1 Å². The first kappa shape index (κ1) is 48.8. The van der Waals surface area contributed by atoms with Crippen molar-refractivity contribution in [2.45, 2.75) is 13.8 Å². The van der Waals surface area contributed by atoms with Crippen LogP contribution in [0.3, 0.4) is 0 Å². The second-order valence-electron chi connectivity index (χ2n) is 17.0. The monoisotopic (exact) mass is 996 g/mol. The minimum absolute atomic E-state index is 0. The van der Waals surface area contributed by atoms with E-state index < -0.39 is 0 Å². The second-order valence-corrected chi connectivity index (χ2v) is 17.9. The van der Waals surface area contributed by atoms with Gasteiger partial charge in [0.05, 0.1) is 18.3 Å². The molecule has 15 heteroatoms. The van der Waals surface area contributed by atoms with Crippen LogP contribution in [0.25, 0.3) is 27.8 Å². The zero-order chi connectivity index (χ0) is 49.0. The molecule has 3 saturated heterocycles. The molecule has 8 aromatic rings. The molecule has 0 spiro atoms. The number of anilines is 5. The molecule has 0 radical (unpaired) electrons. The van der Waals surface area contributed by atoms with E-state index in [4.69, 9.17) is 27.9 Å². The lowest BCUT2D eigenvalue weighted by molar-refractivity contribution is -0.116. The number of urea groups is 3. The number of rotatable bonds is 7. The van der Waals surface area contributed by atoms with Gasteiger partial charge in [0.15, 0.2) is 5.78 Å². The molecular formula is C57H50Cl2N8O5. The zero-order valence-electron chi connectivity index (χ0n) is 38.6. The number of methoxy groups -OCH3 is 1. The van der Waals surface area contributed by atoms with Gasteiger partial charge in [-0.15, -0.1) is 0 Å². The number of hydrogen-bond donors (Lipinski definition) is 0.